The molecular formula is C22H42. The van der Waals surface area contributed by atoms with Crippen molar-refractivity contribution in [2.45, 2.75) is 117 Å². The van der Waals surface area contributed by atoms with E-state index in [4.69, 9.17) is 0 Å². The summed E-state index contributed by atoms with van der Waals surface area (Å²) in [6, 6.07) is 0. The molecule has 0 aromatic rings. The lowest BCUT2D eigenvalue weighted by Crippen LogP contribution is -1.81. The SMILES string of the molecule is CCCCCCC=CC=CCCCCCCCCCCCC. The van der Waals surface area contributed by atoms with E-state index in [-0.39, 0.29) is 0 Å². The zero-order valence-electron chi connectivity index (χ0n) is 15.6. The van der Waals surface area contributed by atoms with Gasteiger partial charge in [-0.3, -0.25) is 0 Å². The Morgan fingerprint density at radius 3 is 1.14 bits per heavy atom. The highest BCUT2D eigenvalue weighted by atomic mass is 14.0. The van der Waals surface area contributed by atoms with Crippen molar-refractivity contribution in [3.63, 3.8) is 0 Å². The first-order chi connectivity index (χ1) is 10.9. The van der Waals surface area contributed by atoms with Crippen molar-refractivity contribution >= 4 is 0 Å². The number of hydrogen-bond donors (Lipinski definition) is 0. The maximum absolute atomic E-state index is 2.34. The van der Waals surface area contributed by atoms with Gasteiger partial charge in [0.2, 0.25) is 0 Å². The van der Waals surface area contributed by atoms with E-state index in [0.717, 1.165) is 0 Å². The molecule has 22 heavy (non-hydrogen) atoms. The zero-order chi connectivity index (χ0) is 16.1. The molecular weight excluding hydrogens is 264 g/mol. The van der Waals surface area contributed by atoms with Crippen LogP contribution < -0.4 is 0 Å². The Morgan fingerprint density at radius 2 is 0.727 bits per heavy atom. The molecule has 0 aliphatic carbocycles. The van der Waals surface area contributed by atoms with E-state index in [0.29, 0.717) is 0 Å². The van der Waals surface area contributed by atoms with Crippen molar-refractivity contribution in [3.05, 3.63) is 24.3 Å². The van der Waals surface area contributed by atoms with Crippen molar-refractivity contribution in [2.24, 2.45) is 0 Å². The molecule has 0 aliphatic rings. The van der Waals surface area contributed by atoms with E-state index >= 15 is 0 Å². The predicted molar refractivity (Wildman–Crippen MR) is 104 cm³/mol. The van der Waals surface area contributed by atoms with Gasteiger partial charge in [0.25, 0.3) is 0 Å². The van der Waals surface area contributed by atoms with Crippen molar-refractivity contribution in [2.75, 3.05) is 0 Å². The van der Waals surface area contributed by atoms with E-state index < -0.39 is 0 Å². The average molecular weight is 307 g/mol. The first-order valence-electron chi connectivity index (χ1n) is 10.2. The first-order valence-corrected chi connectivity index (χ1v) is 10.2. The average Bonchev–Trinajstić information content (AvgIpc) is 2.54. The van der Waals surface area contributed by atoms with Crippen LogP contribution in [0.25, 0.3) is 0 Å². The van der Waals surface area contributed by atoms with Gasteiger partial charge in [-0.15, -0.1) is 0 Å². The Hall–Kier alpha value is -0.520. The molecule has 0 atom stereocenters. The number of rotatable bonds is 17. The van der Waals surface area contributed by atoms with Gasteiger partial charge in [0.1, 0.15) is 0 Å². The van der Waals surface area contributed by atoms with Crippen LogP contribution in [0.3, 0.4) is 0 Å². The predicted octanol–water partition coefficient (Wildman–Crippen LogP) is 8.38. The Labute approximate surface area is 141 Å². The third-order valence-corrected chi connectivity index (χ3v) is 4.33. The summed E-state index contributed by atoms with van der Waals surface area (Å²) >= 11 is 0. The molecule has 0 nitrogen and oxygen atoms in total. The molecule has 0 aromatic carbocycles. The number of hydrogen-bond acceptors (Lipinski definition) is 0. The monoisotopic (exact) mass is 306 g/mol. The standard InChI is InChI=1S/C22H42/c1-3-5-7-9-11-13-15-17-19-21-22-20-18-16-14-12-10-8-6-4-2/h13,15,17,19H,3-12,14,16,18,20-22H2,1-2H3. The van der Waals surface area contributed by atoms with Crippen LogP contribution in [0.4, 0.5) is 0 Å². The van der Waals surface area contributed by atoms with Crippen molar-refractivity contribution in [1.29, 1.82) is 0 Å². The van der Waals surface area contributed by atoms with E-state index in [1.165, 1.54) is 103 Å². The highest BCUT2D eigenvalue weighted by molar-refractivity contribution is 5.02. The third kappa shape index (κ3) is 19.5. The molecule has 0 N–H and O–H groups in total. The molecule has 0 heterocycles. The summed E-state index contributed by atoms with van der Waals surface area (Å²) in [6.07, 6.45) is 31.4. The van der Waals surface area contributed by atoms with Gasteiger partial charge in [-0.2, -0.15) is 0 Å². The molecule has 0 rings (SSSR count). The summed E-state index contributed by atoms with van der Waals surface area (Å²) in [5.74, 6) is 0. The van der Waals surface area contributed by atoms with Crippen LogP contribution in [0.15, 0.2) is 24.3 Å². The van der Waals surface area contributed by atoms with Crippen LogP contribution in [0.1, 0.15) is 117 Å². The van der Waals surface area contributed by atoms with Gasteiger partial charge in [-0.25, -0.2) is 0 Å². The topological polar surface area (TPSA) is 0 Å². The molecule has 0 saturated carbocycles. The molecule has 0 saturated heterocycles. The minimum atomic E-state index is 1.25. The lowest BCUT2D eigenvalue weighted by molar-refractivity contribution is 0.557. The maximum atomic E-state index is 2.34. The van der Waals surface area contributed by atoms with Gasteiger partial charge in [0, 0.05) is 0 Å². The molecule has 0 bridgehead atoms. The minimum absolute atomic E-state index is 1.25. The lowest BCUT2D eigenvalue weighted by atomic mass is 10.1. The fourth-order valence-electron chi connectivity index (χ4n) is 2.79. The Kier molecular flexibility index (Phi) is 20.0. The van der Waals surface area contributed by atoms with Crippen LogP contribution >= 0.6 is 0 Å². The summed E-state index contributed by atoms with van der Waals surface area (Å²) in [5, 5.41) is 0. The van der Waals surface area contributed by atoms with Gasteiger partial charge in [0.15, 0.2) is 0 Å². The highest BCUT2D eigenvalue weighted by Crippen LogP contribution is 2.11. The van der Waals surface area contributed by atoms with Crippen molar-refractivity contribution < 1.29 is 0 Å². The highest BCUT2D eigenvalue weighted by Gasteiger charge is 1.91. The maximum Gasteiger partial charge on any atom is -0.0348 e. The van der Waals surface area contributed by atoms with Crippen molar-refractivity contribution in [1.82, 2.24) is 0 Å². The zero-order valence-corrected chi connectivity index (χ0v) is 15.6. The lowest BCUT2D eigenvalue weighted by Gasteiger charge is -2.01. The summed E-state index contributed by atoms with van der Waals surface area (Å²) in [6.45, 7) is 4.56. The smallest absolute Gasteiger partial charge is 0.0348 e. The quantitative estimate of drug-likeness (QED) is 0.187. The molecule has 0 heteroatoms. The summed E-state index contributed by atoms with van der Waals surface area (Å²) in [4.78, 5) is 0. The largest absolute Gasteiger partial charge is 0.0845 e. The second kappa shape index (κ2) is 20.5. The molecule has 130 valence electrons. The molecule has 0 spiro atoms. The Balaban J connectivity index is 3.12. The van der Waals surface area contributed by atoms with Crippen molar-refractivity contribution in [3.8, 4) is 0 Å². The van der Waals surface area contributed by atoms with Crippen LogP contribution in [-0.4, -0.2) is 0 Å². The van der Waals surface area contributed by atoms with E-state index in [1.54, 1.807) is 0 Å². The Bertz CT molecular complexity index is 236. The second-order valence-corrected chi connectivity index (χ2v) is 6.68. The van der Waals surface area contributed by atoms with Crippen LogP contribution in [0.5, 0.6) is 0 Å². The van der Waals surface area contributed by atoms with Gasteiger partial charge in [-0.05, 0) is 25.7 Å². The van der Waals surface area contributed by atoms with Crippen LogP contribution in [0.2, 0.25) is 0 Å². The van der Waals surface area contributed by atoms with Gasteiger partial charge < -0.3 is 0 Å². The summed E-state index contributed by atoms with van der Waals surface area (Å²) in [5.41, 5.74) is 0. The van der Waals surface area contributed by atoms with Crippen LogP contribution in [0, 0.1) is 0 Å². The molecule has 0 aromatic heterocycles. The summed E-state index contributed by atoms with van der Waals surface area (Å²) < 4.78 is 0. The number of allylic oxidation sites excluding steroid dienone is 4. The second-order valence-electron chi connectivity index (χ2n) is 6.68. The molecule has 0 radical (unpaired) electrons. The normalized spacial score (nSPS) is 11.9. The van der Waals surface area contributed by atoms with E-state index in [9.17, 15) is 0 Å². The molecule has 0 unspecified atom stereocenters. The fraction of sp³-hybridized carbons (Fsp3) is 0.818. The van der Waals surface area contributed by atoms with E-state index in [2.05, 4.69) is 38.2 Å². The van der Waals surface area contributed by atoms with Gasteiger partial charge in [-0.1, -0.05) is 115 Å². The fourth-order valence-corrected chi connectivity index (χ4v) is 2.79. The van der Waals surface area contributed by atoms with Gasteiger partial charge in [0.05, 0.1) is 0 Å². The molecule has 0 amide bonds. The first kappa shape index (κ1) is 21.5. The van der Waals surface area contributed by atoms with E-state index in [1.807, 2.05) is 0 Å². The summed E-state index contributed by atoms with van der Waals surface area (Å²) in [7, 11) is 0. The minimum Gasteiger partial charge on any atom is -0.0845 e. The molecule has 0 fully saturated rings. The van der Waals surface area contributed by atoms with Gasteiger partial charge >= 0.3 is 0 Å². The molecule has 0 aliphatic heterocycles. The number of unbranched alkanes of at least 4 members (excludes halogenated alkanes) is 14. The van der Waals surface area contributed by atoms with Crippen LogP contribution in [-0.2, 0) is 0 Å². The third-order valence-electron chi connectivity index (χ3n) is 4.33. The Morgan fingerprint density at radius 1 is 0.409 bits per heavy atom.